The van der Waals surface area contributed by atoms with Gasteiger partial charge in [0.2, 0.25) is 11.3 Å². The Bertz CT molecular complexity index is 319. The minimum atomic E-state index is 0.588. The summed E-state index contributed by atoms with van der Waals surface area (Å²) < 4.78 is 0. The first kappa shape index (κ1) is 5.28. The number of hydrogen-bond acceptors (Lipinski definition) is 4. The summed E-state index contributed by atoms with van der Waals surface area (Å²) in [5.74, 6) is 0. The molecule has 50 valence electrons. The number of nitrogens with zero attached hydrogens (tertiary/aromatic N) is 5. The highest BCUT2D eigenvalue weighted by molar-refractivity contribution is 5.61. The molecule has 5 heteroatoms. The fourth-order valence-corrected chi connectivity index (χ4v) is 0.761. The van der Waals surface area contributed by atoms with Crippen molar-refractivity contribution in [3.8, 4) is 0 Å². The number of fused-ring (bicyclic) bond motifs is 1. The lowest BCUT2D eigenvalue weighted by Crippen LogP contribution is -1.90. The third kappa shape index (κ3) is 0.637. The van der Waals surface area contributed by atoms with E-state index < -0.39 is 0 Å². The van der Waals surface area contributed by atoms with Crippen molar-refractivity contribution < 1.29 is 0 Å². The van der Waals surface area contributed by atoms with Gasteiger partial charge in [-0.05, 0) is 0 Å². The zero-order chi connectivity index (χ0) is 6.97. The molecule has 0 aromatic carbocycles. The monoisotopic (exact) mass is 135 g/mol. The molecular formula is C5H5N5. The lowest BCUT2D eigenvalue weighted by molar-refractivity contribution is 0.662. The van der Waals surface area contributed by atoms with Crippen molar-refractivity contribution in [2.24, 2.45) is 7.05 Å². The number of aryl methyl sites for hydroxylation is 1. The van der Waals surface area contributed by atoms with Gasteiger partial charge in [0.05, 0.1) is 0 Å². The van der Waals surface area contributed by atoms with E-state index in [1.165, 1.54) is 4.80 Å². The third-order valence-corrected chi connectivity index (χ3v) is 1.14. The van der Waals surface area contributed by atoms with E-state index >= 15 is 0 Å². The number of rotatable bonds is 0. The smallest absolute Gasteiger partial charge is 0.221 e. The standard InChI is InChI=1S/C5H5N5/c1-10-8-4-5(9-10)7-3-2-6-4/h2-3H,1H3. The predicted octanol–water partition coefficient (Wildman–Crippen LogP) is -0.242. The van der Waals surface area contributed by atoms with Crippen molar-refractivity contribution in [3.63, 3.8) is 0 Å². The summed E-state index contributed by atoms with van der Waals surface area (Å²) >= 11 is 0. The SMILES string of the molecule is Cn1nc2nccnc2n1. The van der Waals surface area contributed by atoms with Gasteiger partial charge < -0.3 is 0 Å². The maximum atomic E-state index is 3.95. The zero-order valence-electron chi connectivity index (χ0n) is 5.39. The Morgan fingerprint density at radius 2 is 1.60 bits per heavy atom. The first-order valence-corrected chi connectivity index (χ1v) is 2.84. The molecular weight excluding hydrogens is 130 g/mol. The maximum Gasteiger partial charge on any atom is 0.221 e. The highest BCUT2D eigenvalue weighted by atomic mass is 15.5. The van der Waals surface area contributed by atoms with Crippen LogP contribution in [0.3, 0.4) is 0 Å². The molecule has 2 aromatic rings. The maximum absolute atomic E-state index is 3.95. The van der Waals surface area contributed by atoms with Crippen LogP contribution >= 0.6 is 0 Å². The minimum Gasteiger partial charge on any atom is -0.231 e. The second kappa shape index (κ2) is 1.73. The van der Waals surface area contributed by atoms with E-state index in [1.54, 1.807) is 19.4 Å². The predicted molar refractivity (Wildman–Crippen MR) is 34.1 cm³/mol. The summed E-state index contributed by atoms with van der Waals surface area (Å²) in [5.41, 5.74) is 1.18. The van der Waals surface area contributed by atoms with E-state index in [9.17, 15) is 0 Å². The molecule has 0 saturated carbocycles. The molecule has 0 aliphatic rings. The summed E-state index contributed by atoms with van der Waals surface area (Å²) in [6, 6.07) is 0. The van der Waals surface area contributed by atoms with Gasteiger partial charge in [-0.1, -0.05) is 0 Å². The molecule has 10 heavy (non-hydrogen) atoms. The molecule has 0 radical (unpaired) electrons. The second-order valence-electron chi connectivity index (χ2n) is 1.89. The fraction of sp³-hybridized carbons (Fsp3) is 0.200. The molecule has 5 nitrogen and oxygen atoms in total. The molecule has 0 saturated heterocycles. The van der Waals surface area contributed by atoms with Gasteiger partial charge in [0.15, 0.2) is 0 Å². The highest BCUT2D eigenvalue weighted by Gasteiger charge is 1.98. The van der Waals surface area contributed by atoms with Crippen molar-refractivity contribution in [1.82, 2.24) is 25.0 Å². The van der Waals surface area contributed by atoms with Gasteiger partial charge in [0.1, 0.15) is 0 Å². The molecule has 0 N–H and O–H groups in total. The van der Waals surface area contributed by atoms with Crippen LogP contribution in [0.5, 0.6) is 0 Å². The summed E-state index contributed by atoms with van der Waals surface area (Å²) in [7, 11) is 1.74. The Morgan fingerprint density at radius 3 is 2.10 bits per heavy atom. The third-order valence-electron chi connectivity index (χ3n) is 1.14. The van der Waals surface area contributed by atoms with Crippen molar-refractivity contribution in [2.75, 3.05) is 0 Å². The van der Waals surface area contributed by atoms with E-state index in [4.69, 9.17) is 0 Å². The molecule has 0 aliphatic carbocycles. The number of aromatic nitrogens is 5. The molecule has 0 amide bonds. The second-order valence-corrected chi connectivity index (χ2v) is 1.89. The molecule has 0 spiro atoms. The molecule has 0 fully saturated rings. The van der Waals surface area contributed by atoms with Crippen LogP contribution in [0.15, 0.2) is 12.4 Å². The molecule has 2 rings (SSSR count). The minimum absolute atomic E-state index is 0.588. The lowest BCUT2D eigenvalue weighted by Gasteiger charge is -1.77. The number of hydrogen-bond donors (Lipinski definition) is 0. The van der Waals surface area contributed by atoms with Crippen molar-refractivity contribution in [3.05, 3.63) is 12.4 Å². The van der Waals surface area contributed by atoms with Gasteiger partial charge in [-0.25, -0.2) is 9.97 Å². The van der Waals surface area contributed by atoms with Gasteiger partial charge in [0.25, 0.3) is 0 Å². The Balaban J connectivity index is 2.88. The Hall–Kier alpha value is -1.52. The molecule has 0 bridgehead atoms. The molecule has 2 aromatic heterocycles. The van der Waals surface area contributed by atoms with Crippen molar-refractivity contribution in [2.45, 2.75) is 0 Å². The molecule has 0 aliphatic heterocycles. The topological polar surface area (TPSA) is 56.5 Å². The fourth-order valence-electron chi connectivity index (χ4n) is 0.761. The summed E-state index contributed by atoms with van der Waals surface area (Å²) in [5, 5.41) is 7.89. The van der Waals surface area contributed by atoms with Gasteiger partial charge in [0, 0.05) is 19.4 Å². The molecule has 2 heterocycles. The van der Waals surface area contributed by atoms with Gasteiger partial charge in [-0.3, -0.25) is 0 Å². The average molecular weight is 135 g/mol. The first-order chi connectivity index (χ1) is 4.86. The zero-order valence-corrected chi connectivity index (χ0v) is 5.39. The Kier molecular flexibility index (Phi) is 0.913. The van der Waals surface area contributed by atoms with Crippen LogP contribution in [0.4, 0.5) is 0 Å². The van der Waals surface area contributed by atoms with Crippen LogP contribution < -0.4 is 0 Å². The van der Waals surface area contributed by atoms with Gasteiger partial charge in [-0.2, -0.15) is 4.80 Å². The van der Waals surface area contributed by atoms with E-state index in [-0.39, 0.29) is 0 Å². The summed E-state index contributed by atoms with van der Waals surface area (Å²) in [6.07, 6.45) is 3.19. The van der Waals surface area contributed by atoms with E-state index in [2.05, 4.69) is 20.2 Å². The van der Waals surface area contributed by atoms with E-state index in [0.717, 1.165) is 0 Å². The quantitative estimate of drug-likeness (QED) is 0.500. The van der Waals surface area contributed by atoms with Crippen LogP contribution in [-0.2, 0) is 7.05 Å². The largest absolute Gasteiger partial charge is 0.231 e. The van der Waals surface area contributed by atoms with Crippen LogP contribution in [-0.4, -0.2) is 25.0 Å². The summed E-state index contributed by atoms with van der Waals surface area (Å²) in [6.45, 7) is 0. The van der Waals surface area contributed by atoms with Crippen molar-refractivity contribution in [1.29, 1.82) is 0 Å². The first-order valence-electron chi connectivity index (χ1n) is 2.84. The van der Waals surface area contributed by atoms with E-state index in [1.807, 2.05) is 0 Å². The molecule has 0 unspecified atom stereocenters. The van der Waals surface area contributed by atoms with Crippen LogP contribution in [0.25, 0.3) is 11.3 Å². The highest BCUT2D eigenvalue weighted by Crippen LogP contribution is 1.96. The van der Waals surface area contributed by atoms with Crippen LogP contribution in [0.1, 0.15) is 0 Å². The Morgan fingerprint density at radius 1 is 1.10 bits per heavy atom. The van der Waals surface area contributed by atoms with Gasteiger partial charge >= 0.3 is 0 Å². The van der Waals surface area contributed by atoms with Crippen LogP contribution in [0, 0.1) is 0 Å². The van der Waals surface area contributed by atoms with Crippen LogP contribution in [0.2, 0.25) is 0 Å². The Labute approximate surface area is 56.7 Å². The van der Waals surface area contributed by atoms with E-state index in [0.29, 0.717) is 11.3 Å². The normalized spacial score (nSPS) is 10.5. The van der Waals surface area contributed by atoms with Crippen molar-refractivity contribution >= 4 is 11.3 Å². The van der Waals surface area contributed by atoms with Gasteiger partial charge in [-0.15, -0.1) is 10.2 Å². The average Bonchev–Trinajstić information content (AvgIpc) is 2.27. The lowest BCUT2D eigenvalue weighted by atomic mass is 10.7. The summed E-state index contributed by atoms with van der Waals surface area (Å²) in [4.78, 5) is 9.34. The molecule has 0 atom stereocenters.